The smallest absolute Gasteiger partial charge is 0.123 e. The van der Waals surface area contributed by atoms with E-state index in [0.717, 1.165) is 11.1 Å². The molecule has 2 rings (SSSR count). The second-order valence-corrected chi connectivity index (χ2v) is 4.26. The third kappa shape index (κ3) is 2.25. The number of rotatable bonds is 3. The van der Waals surface area contributed by atoms with Crippen molar-refractivity contribution in [2.45, 2.75) is 6.54 Å². The first-order valence-corrected chi connectivity index (χ1v) is 5.66. The van der Waals surface area contributed by atoms with E-state index in [1.165, 1.54) is 10.9 Å². The van der Waals surface area contributed by atoms with Crippen LogP contribution < -0.4 is 5.32 Å². The topological polar surface area (TPSA) is 12.0 Å². The zero-order valence-corrected chi connectivity index (χ0v) is 9.27. The maximum Gasteiger partial charge on any atom is 0.123 e. The summed E-state index contributed by atoms with van der Waals surface area (Å²) in [4.78, 5) is 1.18. The summed E-state index contributed by atoms with van der Waals surface area (Å²) in [5, 5.41) is 5.08. The Morgan fingerprint density at radius 1 is 1.33 bits per heavy atom. The SMILES string of the molecule is CNCc1cc(F)ccc1-c1cccs1. The van der Waals surface area contributed by atoms with Gasteiger partial charge in [0.1, 0.15) is 5.82 Å². The summed E-state index contributed by atoms with van der Waals surface area (Å²) in [5.74, 6) is -0.180. The monoisotopic (exact) mass is 221 g/mol. The fraction of sp³-hybridized carbons (Fsp3) is 0.167. The summed E-state index contributed by atoms with van der Waals surface area (Å²) in [7, 11) is 1.86. The van der Waals surface area contributed by atoms with E-state index in [1.54, 1.807) is 17.4 Å². The summed E-state index contributed by atoms with van der Waals surface area (Å²) >= 11 is 1.67. The summed E-state index contributed by atoms with van der Waals surface area (Å²) in [5.41, 5.74) is 2.11. The zero-order valence-electron chi connectivity index (χ0n) is 8.46. The average molecular weight is 221 g/mol. The molecule has 2 aromatic rings. The van der Waals surface area contributed by atoms with E-state index in [0.29, 0.717) is 6.54 Å². The Hall–Kier alpha value is -1.19. The van der Waals surface area contributed by atoms with Crippen molar-refractivity contribution < 1.29 is 4.39 Å². The van der Waals surface area contributed by atoms with E-state index in [-0.39, 0.29) is 5.82 Å². The first-order chi connectivity index (χ1) is 7.31. The van der Waals surface area contributed by atoms with Crippen LogP contribution in [-0.4, -0.2) is 7.05 Å². The van der Waals surface area contributed by atoms with Crippen molar-refractivity contribution in [3.05, 3.63) is 47.1 Å². The number of halogens is 1. The third-order valence-electron chi connectivity index (χ3n) is 2.22. The Kier molecular flexibility index (Phi) is 3.14. The zero-order chi connectivity index (χ0) is 10.7. The summed E-state index contributed by atoms with van der Waals surface area (Å²) in [6, 6.07) is 9.00. The molecule has 0 amide bonds. The standard InChI is InChI=1S/C12H12FNS/c1-14-8-9-7-10(13)4-5-11(9)12-3-2-6-15-12/h2-7,14H,8H2,1H3. The van der Waals surface area contributed by atoms with Gasteiger partial charge in [-0.3, -0.25) is 0 Å². The molecule has 0 saturated carbocycles. The van der Waals surface area contributed by atoms with Gasteiger partial charge < -0.3 is 5.32 Å². The van der Waals surface area contributed by atoms with Gasteiger partial charge in [0, 0.05) is 11.4 Å². The molecule has 15 heavy (non-hydrogen) atoms. The van der Waals surface area contributed by atoms with Crippen LogP contribution in [0.2, 0.25) is 0 Å². The van der Waals surface area contributed by atoms with Crippen LogP contribution in [0.25, 0.3) is 10.4 Å². The first kappa shape index (κ1) is 10.3. The molecular formula is C12H12FNS. The van der Waals surface area contributed by atoms with Crippen molar-refractivity contribution in [2.24, 2.45) is 0 Å². The van der Waals surface area contributed by atoms with Gasteiger partial charge in [0.25, 0.3) is 0 Å². The minimum atomic E-state index is -0.180. The number of benzene rings is 1. The summed E-state index contributed by atoms with van der Waals surface area (Å²) < 4.78 is 13.1. The molecule has 0 radical (unpaired) electrons. The lowest BCUT2D eigenvalue weighted by atomic mass is 10.1. The van der Waals surface area contributed by atoms with Crippen LogP contribution in [0.3, 0.4) is 0 Å². The van der Waals surface area contributed by atoms with E-state index < -0.39 is 0 Å². The molecule has 0 unspecified atom stereocenters. The highest BCUT2D eigenvalue weighted by molar-refractivity contribution is 7.13. The Bertz CT molecular complexity index is 437. The molecule has 0 fully saturated rings. The van der Waals surface area contributed by atoms with Gasteiger partial charge in [-0.2, -0.15) is 0 Å². The van der Waals surface area contributed by atoms with E-state index in [9.17, 15) is 4.39 Å². The minimum Gasteiger partial charge on any atom is -0.316 e. The Morgan fingerprint density at radius 2 is 2.20 bits per heavy atom. The lowest BCUT2D eigenvalue weighted by Crippen LogP contribution is -2.06. The molecule has 3 heteroatoms. The maximum atomic E-state index is 13.1. The van der Waals surface area contributed by atoms with Crippen LogP contribution >= 0.6 is 11.3 Å². The van der Waals surface area contributed by atoms with Gasteiger partial charge in [-0.25, -0.2) is 4.39 Å². The van der Waals surface area contributed by atoms with Gasteiger partial charge >= 0.3 is 0 Å². The third-order valence-corrected chi connectivity index (χ3v) is 3.12. The molecule has 0 spiro atoms. The molecule has 1 aromatic carbocycles. The predicted octanol–water partition coefficient (Wildman–Crippen LogP) is 3.27. The molecule has 0 saturated heterocycles. The second kappa shape index (κ2) is 4.55. The van der Waals surface area contributed by atoms with E-state index in [1.807, 2.05) is 24.6 Å². The summed E-state index contributed by atoms with van der Waals surface area (Å²) in [6.07, 6.45) is 0. The number of thiophene rings is 1. The predicted molar refractivity (Wildman–Crippen MR) is 62.5 cm³/mol. The molecular weight excluding hydrogens is 209 g/mol. The highest BCUT2D eigenvalue weighted by Crippen LogP contribution is 2.28. The van der Waals surface area contributed by atoms with Crippen LogP contribution in [-0.2, 0) is 6.54 Å². The molecule has 1 aromatic heterocycles. The van der Waals surface area contributed by atoms with Gasteiger partial charge in [0.15, 0.2) is 0 Å². The Balaban J connectivity index is 2.46. The fourth-order valence-electron chi connectivity index (χ4n) is 1.57. The van der Waals surface area contributed by atoms with Crippen LogP contribution in [0.1, 0.15) is 5.56 Å². The van der Waals surface area contributed by atoms with Gasteiger partial charge in [0.2, 0.25) is 0 Å². The number of hydrogen-bond donors (Lipinski definition) is 1. The second-order valence-electron chi connectivity index (χ2n) is 3.31. The quantitative estimate of drug-likeness (QED) is 0.838. The highest BCUT2D eigenvalue weighted by Gasteiger charge is 2.06. The van der Waals surface area contributed by atoms with Crippen molar-refractivity contribution in [3.63, 3.8) is 0 Å². The molecule has 0 aliphatic carbocycles. The molecule has 0 aliphatic rings. The average Bonchev–Trinajstić information content (AvgIpc) is 2.71. The van der Waals surface area contributed by atoms with E-state index in [4.69, 9.17) is 0 Å². The van der Waals surface area contributed by atoms with Crippen molar-refractivity contribution >= 4 is 11.3 Å². The van der Waals surface area contributed by atoms with E-state index >= 15 is 0 Å². The Labute approximate surface area is 92.6 Å². The molecule has 0 atom stereocenters. The molecule has 1 nitrogen and oxygen atoms in total. The number of nitrogens with one attached hydrogen (secondary N) is 1. The lowest BCUT2D eigenvalue weighted by Gasteiger charge is -2.07. The van der Waals surface area contributed by atoms with Crippen molar-refractivity contribution in [3.8, 4) is 10.4 Å². The maximum absolute atomic E-state index is 13.1. The van der Waals surface area contributed by atoms with Crippen molar-refractivity contribution in [1.29, 1.82) is 0 Å². The molecule has 1 N–H and O–H groups in total. The fourth-order valence-corrected chi connectivity index (χ4v) is 2.36. The van der Waals surface area contributed by atoms with Gasteiger partial charge in [-0.1, -0.05) is 12.1 Å². The van der Waals surface area contributed by atoms with Crippen LogP contribution in [0.15, 0.2) is 35.7 Å². The first-order valence-electron chi connectivity index (χ1n) is 4.78. The summed E-state index contributed by atoms with van der Waals surface area (Å²) in [6.45, 7) is 0.686. The number of hydrogen-bond acceptors (Lipinski definition) is 2. The minimum absolute atomic E-state index is 0.180. The van der Waals surface area contributed by atoms with Crippen LogP contribution in [0.4, 0.5) is 4.39 Å². The van der Waals surface area contributed by atoms with Crippen molar-refractivity contribution in [2.75, 3.05) is 7.05 Å². The lowest BCUT2D eigenvalue weighted by molar-refractivity contribution is 0.624. The van der Waals surface area contributed by atoms with Crippen molar-refractivity contribution in [1.82, 2.24) is 5.32 Å². The van der Waals surface area contributed by atoms with E-state index in [2.05, 4.69) is 11.4 Å². The molecule has 78 valence electrons. The molecule has 0 bridgehead atoms. The van der Waals surface area contributed by atoms with Crippen LogP contribution in [0, 0.1) is 5.82 Å². The molecule has 1 heterocycles. The highest BCUT2D eigenvalue weighted by atomic mass is 32.1. The Morgan fingerprint density at radius 3 is 2.87 bits per heavy atom. The van der Waals surface area contributed by atoms with Gasteiger partial charge in [0.05, 0.1) is 0 Å². The largest absolute Gasteiger partial charge is 0.316 e. The van der Waals surface area contributed by atoms with Gasteiger partial charge in [-0.05, 0) is 41.8 Å². The van der Waals surface area contributed by atoms with Crippen LogP contribution in [0.5, 0.6) is 0 Å². The molecule has 0 aliphatic heterocycles. The normalized spacial score (nSPS) is 10.5. The van der Waals surface area contributed by atoms with Gasteiger partial charge in [-0.15, -0.1) is 11.3 Å².